The summed E-state index contributed by atoms with van der Waals surface area (Å²) in [6.45, 7) is 2.44. The van der Waals surface area contributed by atoms with Gasteiger partial charge in [-0.3, -0.25) is 19.2 Å². The van der Waals surface area contributed by atoms with E-state index in [2.05, 4.69) is 0 Å². The van der Waals surface area contributed by atoms with E-state index in [9.17, 15) is 52.8 Å². The maximum absolute atomic E-state index is 13.4. The van der Waals surface area contributed by atoms with Crippen LogP contribution in [0.2, 0.25) is 0 Å². The van der Waals surface area contributed by atoms with Crippen LogP contribution in [-0.2, 0) is 25.5 Å². The van der Waals surface area contributed by atoms with Gasteiger partial charge in [0.15, 0.2) is 23.6 Å². The van der Waals surface area contributed by atoms with Crippen LogP contribution in [0.3, 0.4) is 0 Å². The molecular formula is C28H26F3NO10. The highest BCUT2D eigenvalue weighted by molar-refractivity contribution is 6.30. The fourth-order valence-electron chi connectivity index (χ4n) is 5.73. The van der Waals surface area contributed by atoms with E-state index < -0.39 is 96.4 Å². The molecule has 224 valence electrons. The number of ether oxygens (including phenoxy) is 2. The smallest absolute Gasteiger partial charge is 0.471 e. The molecule has 0 saturated carbocycles. The number of fused-ring (bicyclic) bond motifs is 3. The van der Waals surface area contributed by atoms with Gasteiger partial charge >= 0.3 is 12.1 Å². The van der Waals surface area contributed by atoms with Crippen LogP contribution >= 0.6 is 0 Å². The number of ketones is 3. The van der Waals surface area contributed by atoms with Crippen molar-refractivity contribution in [2.75, 3.05) is 0 Å². The summed E-state index contributed by atoms with van der Waals surface area (Å²) in [4.78, 5) is 50.8. The molecule has 1 fully saturated rings. The molecule has 11 nitrogen and oxygen atoms in total. The van der Waals surface area contributed by atoms with Gasteiger partial charge in [-0.25, -0.2) is 0 Å². The Hall–Kier alpha value is -3.85. The number of phenols is 2. The quantitative estimate of drug-likeness (QED) is 0.299. The van der Waals surface area contributed by atoms with Crippen molar-refractivity contribution >= 4 is 23.3 Å². The summed E-state index contributed by atoms with van der Waals surface area (Å²) >= 11 is 0. The SMILES string of the molecule is CC(=O)[C@]1(O)Cc2c(cc3c(c2O)C(=O)c2cccc(O)c2C3=O)[C@@H](O[C@H]2C[C@H](NC(=O)C(F)(F)F)[C@H](O)[C@H](C)O2)C1. The van der Waals surface area contributed by atoms with Crippen molar-refractivity contribution in [2.24, 2.45) is 0 Å². The van der Waals surface area contributed by atoms with E-state index in [0.29, 0.717) is 0 Å². The lowest BCUT2D eigenvalue weighted by Crippen LogP contribution is -2.57. The Balaban J connectivity index is 1.55. The Kier molecular flexibility index (Phi) is 7.16. The van der Waals surface area contributed by atoms with Gasteiger partial charge in [-0.2, -0.15) is 13.2 Å². The predicted molar refractivity (Wildman–Crippen MR) is 134 cm³/mol. The third-order valence-electron chi connectivity index (χ3n) is 8.02. The summed E-state index contributed by atoms with van der Waals surface area (Å²) in [5, 5.41) is 44.8. The number of alkyl halides is 3. The summed E-state index contributed by atoms with van der Waals surface area (Å²) < 4.78 is 50.2. The molecule has 1 saturated heterocycles. The number of rotatable bonds is 4. The van der Waals surface area contributed by atoms with Gasteiger partial charge < -0.3 is 35.2 Å². The van der Waals surface area contributed by atoms with Crippen LogP contribution in [0.5, 0.6) is 11.5 Å². The molecule has 0 spiro atoms. The highest BCUT2D eigenvalue weighted by atomic mass is 19.4. The number of phenolic OH excluding ortho intramolecular Hbond substituents is 2. The van der Waals surface area contributed by atoms with E-state index in [1.165, 1.54) is 31.2 Å². The number of benzene rings is 2. The molecule has 3 aliphatic rings. The van der Waals surface area contributed by atoms with Gasteiger partial charge in [-0.15, -0.1) is 0 Å². The lowest BCUT2D eigenvalue weighted by atomic mass is 9.72. The molecule has 0 aromatic heterocycles. The van der Waals surface area contributed by atoms with Crippen LogP contribution < -0.4 is 5.32 Å². The number of Topliss-reactive ketones (excluding diaryl/α,β-unsaturated/α-hetero) is 1. The number of carbonyl (C=O) groups excluding carboxylic acids is 4. The number of aliphatic hydroxyl groups excluding tert-OH is 1. The second-order valence-corrected chi connectivity index (χ2v) is 10.7. The maximum Gasteiger partial charge on any atom is 0.471 e. The Morgan fingerprint density at radius 2 is 1.79 bits per heavy atom. The number of aromatic hydroxyl groups is 2. The van der Waals surface area contributed by atoms with Gasteiger partial charge in [0.25, 0.3) is 0 Å². The standard InChI is InChI=1S/C28H26F3NO10/c1-10-22(35)16(32-26(39)28(29,30)31)7-19(41-10)42-18-9-27(40,11(2)33)8-15-13(18)6-14-21(25(15)38)23(36)12-4-3-5-17(34)20(12)24(14)37/h3-6,10,16,18-19,22,34-35,38,40H,7-9H2,1-2H3,(H,32,39)/t10-,16-,18-,19-,22+,27-/m0/s1. The third kappa shape index (κ3) is 4.83. The summed E-state index contributed by atoms with van der Waals surface area (Å²) in [6.07, 6.45) is -11.9. The van der Waals surface area contributed by atoms with Gasteiger partial charge in [0.1, 0.15) is 23.2 Å². The zero-order valence-corrected chi connectivity index (χ0v) is 22.2. The van der Waals surface area contributed by atoms with Crippen LogP contribution in [0, 0.1) is 0 Å². The number of carbonyl (C=O) groups is 4. The molecule has 42 heavy (non-hydrogen) atoms. The highest BCUT2D eigenvalue weighted by Crippen LogP contribution is 2.48. The van der Waals surface area contributed by atoms with Crippen molar-refractivity contribution < 1.29 is 62.2 Å². The first kappa shape index (κ1) is 29.6. The molecule has 2 aromatic rings. The third-order valence-corrected chi connectivity index (χ3v) is 8.02. The average Bonchev–Trinajstić information content (AvgIpc) is 2.89. The van der Waals surface area contributed by atoms with E-state index in [1.54, 1.807) is 5.32 Å². The predicted octanol–water partition coefficient (Wildman–Crippen LogP) is 1.74. The molecular weight excluding hydrogens is 567 g/mol. The molecule has 5 rings (SSSR count). The molecule has 0 unspecified atom stereocenters. The number of nitrogens with one attached hydrogen (secondary N) is 1. The van der Waals surface area contributed by atoms with Crippen LogP contribution in [-0.4, -0.2) is 80.0 Å². The number of hydrogen-bond acceptors (Lipinski definition) is 10. The summed E-state index contributed by atoms with van der Waals surface area (Å²) in [7, 11) is 0. The minimum absolute atomic E-state index is 0.0710. The minimum atomic E-state index is -5.22. The monoisotopic (exact) mass is 593 g/mol. The van der Waals surface area contributed by atoms with Crippen molar-refractivity contribution in [3.63, 3.8) is 0 Å². The van der Waals surface area contributed by atoms with Crippen LogP contribution in [0.4, 0.5) is 13.2 Å². The summed E-state index contributed by atoms with van der Waals surface area (Å²) in [5.41, 5.74) is -3.16. The minimum Gasteiger partial charge on any atom is -0.507 e. The largest absolute Gasteiger partial charge is 0.507 e. The number of amides is 1. The Bertz CT molecular complexity index is 1520. The number of aliphatic hydroxyl groups is 2. The molecule has 1 aliphatic heterocycles. The maximum atomic E-state index is 13.4. The second kappa shape index (κ2) is 10.2. The zero-order chi connectivity index (χ0) is 30.9. The second-order valence-electron chi connectivity index (χ2n) is 10.7. The molecule has 0 bridgehead atoms. The first-order valence-corrected chi connectivity index (χ1v) is 12.9. The Morgan fingerprint density at radius 3 is 2.43 bits per heavy atom. The van der Waals surface area contributed by atoms with Crippen molar-refractivity contribution in [1.82, 2.24) is 5.32 Å². The fraction of sp³-hybridized carbons (Fsp3) is 0.429. The van der Waals surface area contributed by atoms with E-state index >= 15 is 0 Å². The van der Waals surface area contributed by atoms with E-state index in [-0.39, 0.29) is 33.4 Å². The molecule has 5 N–H and O–H groups in total. The first-order valence-electron chi connectivity index (χ1n) is 12.9. The van der Waals surface area contributed by atoms with Gasteiger partial charge in [-0.05, 0) is 31.5 Å². The topological polar surface area (TPSA) is 180 Å². The number of hydrogen-bond donors (Lipinski definition) is 5. The summed E-state index contributed by atoms with van der Waals surface area (Å²) in [5.74, 6) is -5.67. The molecule has 1 amide bonds. The van der Waals surface area contributed by atoms with E-state index in [4.69, 9.17) is 9.47 Å². The molecule has 2 aliphatic carbocycles. The average molecular weight is 594 g/mol. The van der Waals surface area contributed by atoms with Gasteiger partial charge in [0, 0.05) is 36.0 Å². The van der Waals surface area contributed by atoms with E-state index in [0.717, 1.165) is 6.92 Å². The number of halogens is 3. The van der Waals surface area contributed by atoms with Crippen molar-refractivity contribution in [2.45, 2.75) is 75.5 Å². The van der Waals surface area contributed by atoms with Gasteiger partial charge in [-0.1, -0.05) is 12.1 Å². The Morgan fingerprint density at radius 1 is 1.12 bits per heavy atom. The van der Waals surface area contributed by atoms with Gasteiger partial charge in [0.2, 0.25) is 0 Å². The normalized spacial score (nSPS) is 28.9. The van der Waals surface area contributed by atoms with Crippen LogP contribution in [0.1, 0.15) is 75.8 Å². The van der Waals surface area contributed by atoms with Crippen molar-refractivity contribution in [3.05, 3.63) is 57.6 Å². The van der Waals surface area contributed by atoms with E-state index in [1.807, 2.05) is 0 Å². The van der Waals surface area contributed by atoms with Crippen LogP contribution in [0.15, 0.2) is 24.3 Å². The zero-order valence-electron chi connectivity index (χ0n) is 22.2. The molecule has 6 atom stereocenters. The van der Waals surface area contributed by atoms with Gasteiger partial charge in [0.05, 0.1) is 29.4 Å². The van der Waals surface area contributed by atoms with Crippen LogP contribution in [0.25, 0.3) is 0 Å². The lowest BCUT2D eigenvalue weighted by Gasteiger charge is -2.42. The van der Waals surface area contributed by atoms with Crippen molar-refractivity contribution in [3.8, 4) is 11.5 Å². The molecule has 1 heterocycles. The molecule has 14 heteroatoms. The molecule has 0 radical (unpaired) electrons. The fourth-order valence-corrected chi connectivity index (χ4v) is 5.73. The highest BCUT2D eigenvalue weighted by Gasteiger charge is 2.48. The first-order chi connectivity index (χ1) is 19.5. The summed E-state index contributed by atoms with van der Waals surface area (Å²) in [6, 6.07) is 3.67. The lowest BCUT2D eigenvalue weighted by molar-refractivity contribution is -0.250. The Labute approximate surface area is 235 Å². The van der Waals surface area contributed by atoms with Crippen molar-refractivity contribution in [1.29, 1.82) is 0 Å². The molecule has 2 aromatic carbocycles.